The SMILES string of the molecule is CC[C@H](C)OP(=O)(Cl)OC. The van der Waals surface area contributed by atoms with Crippen molar-refractivity contribution < 1.29 is 13.6 Å². The van der Waals surface area contributed by atoms with Gasteiger partial charge in [0.2, 0.25) is 0 Å². The van der Waals surface area contributed by atoms with Crippen molar-refractivity contribution in [1.29, 1.82) is 0 Å². The standard InChI is InChI=1S/C5H12ClO3P/c1-4-5(2)9-10(6,7)8-3/h5H,4H2,1-3H3/t5-,10?/m0/s1. The second-order valence-corrected chi connectivity index (χ2v) is 4.62. The maximum atomic E-state index is 10.9. The van der Waals surface area contributed by atoms with E-state index in [2.05, 4.69) is 4.52 Å². The Labute approximate surface area is 66.0 Å². The van der Waals surface area contributed by atoms with Crippen LogP contribution in [0.1, 0.15) is 20.3 Å². The Bertz CT molecular complexity index is 139. The Morgan fingerprint density at radius 1 is 1.70 bits per heavy atom. The molecule has 0 aromatic rings. The Hall–Kier alpha value is 0.440. The fourth-order valence-electron chi connectivity index (χ4n) is 0.333. The van der Waals surface area contributed by atoms with Gasteiger partial charge < -0.3 is 4.52 Å². The van der Waals surface area contributed by atoms with Crippen molar-refractivity contribution in [2.24, 2.45) is 0 Å². The van der Waals surface area contributed by atoms with Crippen LogP contribution in [0.25, 0.3) is 0 Å². The first-order chi connectivity index (χ1) is 4.52. The highest BCUT2D eigenvalue weighted by atomic mass is 35.7. The summed E-state index contributed by atoms with van der Waals surface area (Å²) >= 11 is 5.31. The third-order valence-corrected chi connectivity index (χ3v) is 2.80. The summed E-state index contributed by atoms with van der Waals surface area (Å²) in [6.07, 6.45) is 0.642. The summed E-state index contributed by atoms with van der Waals surface area (Å²) in [6.45, 7) is 0.426. The molecule has 10 heavy (non-hydrogen) atoms. The highest BCUT2D eigenvalue weighted by molar-refractivity contribution is 7.81. The van der Waals surface area contributed by atoms with Crippen molar-refractivity contribution >= 4 is 18.2 Å². The molecule has 0 bridgehead atoms. The molecule has 0 aromatic heterocycles. The normalized spacial score (nSPS) is 20.0. The fraction of sp³-hybridized carbons (Fsp3) is 1.00. The monoisotopic (exact) mass is 186 g/mol. The third kappa shape index (κ3) is 4.29. The highest BCUT2D eigenvalue weighted by Gasteiger charge is 2.20. The van der Waals surface area contributed by atoms with Gasteiger partial charge in [0.1, 0.15) is 0 Å². The number of rotatable bonds is 4. The van der Waals surface area contributed by atoms with Crippen LogP contribution < -0.4 is 0 Å². The summed E-state index contributed by atoms with van der Waals surface area (Å²) < 4.78 is 20.1. The first-order valence-corrected chi connectivity index (χ1v) is 5.50. The molecule has 0 radical (unpaired) electrons. The van der Waals surface area contributed by atoms with Crippen LogP contribution in [0.3, 0.4) is 0 Å². The zero-order valence-electron chi connectivity index (χ0n) is 6.33. The van der Waals surface area contributed by atoms with Crippen molar-refractivity contribution in [3.63, 3.8) is 0 Å². The maximum Gasteiger partial charge on any atom is 0.424 e. The zero-order valence-corrected chi connectivity index (χ0v) is 7.98. The van der Waals surface area contributed by atoms with Crippen LogP contribution in [0.5, 0.6) is 0 Å². The molecule has 0 rings (SSSR count). The van der Waals surface area contributed by atoms with Gasteiger partial charge in [-0.05, 0) is 13.3 Å². The van der Waals surface area contributed by atoms with E-state index in [4.69, 9.17) is 15.8 Å². The first-order valence-electron chi connectivity index (χ1n) is 3.05. The highest BCUT2D eigenvalue weighted by Crippen LogP contribution is 2.53. The minimum absolute atomic E-state index is 0.122. The van der Waals surface area contributed by atoms with Crippen LogP contribution in [0.15, 0.2) is 0 Å². The van der Waals surface area contributed by atoms with Gasteiger partial charge in [-0.25, -0.2) is 4.57 Å². The maximum absolute atomic E-state index is 10.9. The summed E-state index contributed by atoms with van der Waals surface area (Å²) in [5.74, 6) is 0. The van der Waals surface area contributed by atoms with Crippen molar-refractivity contribution in [3.05, 3.63) is 0 Å². The average molecular weight is 187 g/mol. The second-order valence-electron chi connectivity index (χ2n) is 1.94. The van der Waals surface area contributed by atoms with Gasteiger partial charge in [0, 0.05) is 18.4 Å². The molecule has 0 saturated heterocycles. The Morgan fingerprint density at radius 2 is 2.20 bits per heavy atom. The quantitative estimate of drug-likeness (QED) is 0.634. The lowest BCUT2D eigenvalue weighted by Gasteiger charge is -2.13. The van der Waals surface area contributed by atoms with Gasteiger partial charge in [-0.15, -0.1) is 0 Å². The van der Waals surface area contributed by atoms with E-state index >= 15 is 0 Å². The molecule has 3 nitrogen and oxygen atoms in total. The van der Waals surface area contributed by atoms with Gasteiger partial charge >= 0.3 is 6.95 Å². The molecule has 5 heteroatoms. The van der Waals surface area contributed by atoms with E-state index in [-0.39, 0.29) is 6.10 Å². The van der Waals surface area contributed by atoms with Crippen LogP contribution in [0.2, 0.25) is 0 Å². The molecule has 1 unspecified atom stereocenters. The molecule has 62 valence electrons. The van der Waals surface area contributed by atoms with E-state index in [9.17, 15) is 4.57 Å². The van der Waals surface area contributed by atoms with Crippen molar-refractivity contribution in [2.75, 3.05) is 7.11 Å². The van der Waals surface area contributed by atoms with Crippen LogP contribution in [0, 0.1) is 0 Å². The van der Waals surface area contributed by atoms with Crippen molar-refractivity contribution in [2.45, 2.75) is 26.4 Å². The Morgan fingerprint density at radius 3 is 2.50 bits per heavy atom. The smallest absolute Gasteiger partial charge is 0.300 e. The van der Waals surface area contributed by atoms with Crippen LogP contribution >= 0.6 is 18.2 Å². The summed E-state index contributed by atoms with van der Waals surface area (Å²) in [5.41, 5.74) is 0. The zero-order chi connectivity index (χ0) is 8.20. The molecule has 0 heterocycles. The summed E-state index contributed by atoms with van der Waals surface area (Å²) in [5, 5.41) is 0. The molecule has 2 atom stereocenters. The van der Waals surface area contributed by atoms with Crippen LogP contribution in [0.4, 0.5) is 0 Å². The molecular formula is C5H12ClO3P. The lowest BCUT2D eigenvalue weighted by Crippen LogP contribution is -2.02. The van der Waals surface area contributed by atoms with Gasteiger partial charge in [0.15, 0.2) is 0 Å². The molecule has 0 aliphatic carbocycles. The van der Waals surface area contributed by atoms with Crippen LogP contribution in [-0.2, 0) is 13.6 Å². The first kappa shape index (κ1) is 10.4. The third-order valence-electron chi connectivity index (χ3n) is 1.10. The van der Waals surface area contributed by atoms with E-state index in [1.807, 2.05) is 6.92 Å². The molecule has 0 aromatic carbocycles. The van der Waals surface area contributed by atoms with Crippen molar-refractivity contribution in [1.82, 2.24) is 0 Å². The lowest BCUT2D eigenvalue weighted by molar-refractivity contribution is 0.182. The molecule has 0 fully saturated rings. The van der Waals surface area contributed by atoms with E-state index in [1.54, 1.807) is 6.92 Å². The van der Waals surface area contributed by atoms with Crippen LogP contribution in [-0.4, -0.2) is 13.2 Å². The number of halogens is 1. The van der Waals surface area contributed by atoms with E-state index in [0.717, 1.165) is 6.42 Å². The summed E-state index contributed by atoms with van der Waals surface area (Å²) in [6, 6.07) is 0. The predicted molar refractivity (Wildman–Crippen MR) is 41.3 cm³/mol. The van der Waals surface area contributed by atoms with E-state index < -0.39 is 6.95 Å². The number of hydrogen-bond donors (Lipinski definition) is 0. The molecule has 0 N–H and O–H groups in total. The van der Waals surface area contributed by atoms with Crippen molar-refractivity contribution in [3.8, 4) is 0 Å². The minimum atomic E-state index is -3.27. The molecule has 0 saturated carbocycles. The van der Waals surface area contributed by atoms with E-state index in [1.165, 1.54) is 7.11 Å². The van der Waals surface area contributed by atoms with Gasteiger partial charge in [0.05, 0.1) is 6.10 Å². The topological polar surface area (TPSA) is 35.5 Å². The van der Waals surface area contributed by atoms with Gasteiger partial charge in [-0.1, -0.05) is 6.92 Å². The summed E-state index contributed by atoms with van der Waals surface area (Å²) in [7, 11) is 1.26. The van der Waals surface area contributed by atoms with Gasteiger partial charge in [0.25, 0.3) is 0 Å². The molecule has 0 aliphatic rings. The molecule has 0 spiro atoms. The Balaban J connectivity index is 3.77. The number of hydrogen-bond acceptors (Lipinski definition) is 3. The fourth-order valence-corrected chi connectivity index (χ4v) is 1.41. The second kappa shape index (κ2) is 4.35. The minimum Gasteiger partial charge on any atom is -0.300 e. The molecular weight excluding hydrogens is 174 g/mol. The van der Waals surface area contributed by atoms with Gasteiger partial charge in [-0.2, -0.15) is 0 Å². The average Bonchev–Trinajstić information content (AvgIpc) is 1.87. The predicted octanol–water partition coefficient (Wildman–Crippen LogP) is 2.79. The largest absolute Gasteiger partial charge is 0.424 e. The molecule has 0 amide bonds. The lowest BCUT2D eigenvalue weighted by atomic mass is 10.3. The molecule has 0 aliphatic heterocycles. The van der Waals surface area contributed by atoms with E-state index in [0.29, 0.717) is 0 Å². The summed E-state index contributed by atoms with van der Waals surface area (Å²) in [4.78, 5) is 0. The Kier molecular flexibility index (Phi) is 4.54. The van der Waals surface area contributed by atoms with Gasteiger partial charge in [-0.3, -0.25) is 4.52 Å².